The molecule has 2 aromatic carbocycles. The number of carbonyl (C=O) groups excluding carboxylic acids is 1. The number of amides is 1. The second-order valence-electron chi connectivity index (χ2n) is 8.11. The molecule has 32 heavy (non-hydrogen) atoms. The van der Waals surface area contributed by atoms with Gasteiger partial charge >= 0.3 is 0 Å². The number of ether oxygens (including phenoxy) is 2. The van der Waals surface area contributed by atoms with E-state index in [9.17, 15) is 20.3 Å². The summed E-state index contributed by atoms with van der Waals surface area (Å²) in [4.78, 5) is 14.8. The number of fused-ring (bicyclic) bond motifs is 1. The molecule has 8 nitrogen and oxygen atoms in total. The standard InChI is InChI=1S/C24H27N3O5/c25-14-19(24(30)26-15-22-12-21(28)13-23(29)32-22)10-16-1-2-18-11-20(4-3-17(18)9-16)27-5-7-31-8-6-27/h1-4,9-11,21-23,28-29H,5-8,12-13,15H2,(H,26,30)/b19-10+. The maximum atomic E-state index is 12.5. The molecular weight excluding hydrogens is 410 g/mol. The van der Waals surface area contributed by atoms with Gasteiger partial charge in [-0.05, 0) is 40.6 Å². The Morgan fingerprint density at radius 1 is 1.16 bits per heavy atom. The number of anilines is 1. The van der Waals surface area contributed by atoms with E-state index in [4.69, 9.17) is 9.47 Å². The molecule has 0 bridgehead atoms. The van der Waals surface area contributed by atoms with E-state index in [0.29, 0.717) is 6.42 Å². The van der Waals surface area contributed by atoms with Crippen LogP contribution in [0.25, 0.3) is 16.8 Å². The molecule has 4 rings (SSSR count). The minimum Gasteiger partial charge on any atom is -0.393 e. The maximum Gasteiger partial charge on any atom is 0.262 e. The maximum absolute atomic E-state index is 12.5. The molecule has 8 heteroatoms. The Hall–Kier alpha value is -2.96. The third kappa shape index (κ3) is 5.44. The molecule has 0 spiro atoms. The highest BCUT2D eigenvalue weighted by Gasteiger charge is 2.27. The van der Waals surface area contributed by atoms with Crippen molar-refractivity contribution in [1.29, 1.82) is 5.26 Å². The Bertz CT molecular complexity index is 1030. The first-order valence-electron chi connectivity index (χ1n) is 10.8. The van der Waals surface area contributed by atoms with Gasteiger partial charge in [0.15, 0.2) is 6.29 Å². The van der Waals surface area contributed by atoms with E-state index in [1.165, 1.54) is 0 Å². The van der Waals surface area contributed by atoms with Crippen LogP contribution < -0.4 is 10.2 Å². The highest BCUT2D eigenvalue weighted by atomic mass is 16.6. The van der Waals surface area contributed by atoms with Crippen molar-refractivity contribution >= 4 is 28.4 Å². The third-order valence-corrected chi connectivity index (χ3v) is 5.75. The van der Waals surface area contributed by atoms with Gasteiger partial charge in [0.1, 0.15) is 11.6 Å². The van der Waals surface area contributed by atoms with Gasteiger partial charge in [-0.2, -0.15) is 5.26 Å². The van der Waals surface area contributed by atoms with Gasteiger partial charge in [0.05, 0.1) is 25.4 Å². The van der Waals surface area contributed by atoms with Crippen molar-refractivity contribution < 1.29 is 24.5 Å². The predicted octanol–water partition coefficient (Wildman–Crippen LogP) is 1.56. The van der Waals surface area contributed by atoms with Gasteiger partial charge in [-0.1, -0.05) is 18.2 Å². The zero-order chi connectivity index (χ0) is 22.5. The average molecular weight is 437 g/mol. The summed E-state index contributed by atoms with van der Waals surface area (Å²) in [6, 6.07) is 14.0. The molecule has 1 amide bonds. The third-order valence-electron chi connectivity index (χ3n) is 5.75. The van der Waals surface area contributed by atoms with Crippen LogP contribution in [-0.2, 0) is 14.3 Å². The highest BCUT2D eigenvalue weighted by Crippen LogP contribution is 2.25. The first-order valence-corrected chi connectivity index (χ1v) is 10.8. The topological polar surface area (TPSA) is 115 Å². The van der Waals surface area contributed by atoms with E-state index >= 15 is 0 Å². The molecule has 0 saturated carbocycles. The number of nitrogens with zero attached hydrogens (tertiary/aromatic N) is 2. The Labute approximate surface area is 186 Å². The summed E-state index contributed by atoms with van der Waals surface area (Å²) in [6.45, 7) is 3.31. The van der Waals surface area contributed by atoms with Crippen molar-refractivity contribution in [1.82, 2.24) is 5.32 Å². The van der Waals surface area contributed by atoms with Crippen LogP contribution in [0.1, 0.15) is 18.4 Å². The van der Waals surface area contributed by atoms with Crippen LogP contribution in [0.4, 0.5) is 5.69 Å². The quantitative estimate of drug-likeness (QED) is 0.480. The normalized spacial score (nSPS) is 24.2. The van der Waals surface area contributed by atoms with Crippen LogP contribution >= 0.6 is 0 Å². The van der Waals surface area contributed by atoms with Crippen molar-refractivity contribution in [3.05, 3.63) is 47.5 Å². The molecule has 2 heterocycles. The summed E-state index contributed by atoms with van der Waals surface area (Å²) in [5, 5.41) is 33.5. The fourth-order valence-electron chi connectivity index (χ4n) is 4.07. The number of hydrogen-bond donors (Lipinski definition) is 3. The van der Waals surface area contributed by atoms with E-state index in [1.807, 2.05) is 30.3 Å². The molecule has 2 aliphatic heterocycles. The Kier molecular flexibility index (Phi) is 7.02. The molecule has 0 aliphatic carbocycles. The summed E-state index contributed by atoms with van der Waals surface area (Å²) in [7, 11) is 0. The first-order chi connectivity index (χ1) is 15.5. The first kappa shape index (κ1) is 22.2. The van der Waals surface area contributed by atoms with Crippen molar-refractivity contribution in [2.75, 3.05) is 37.7 Å². The summed E-state index contributed by atoms with van der Waals surface area (Å²) in [5.74, 6) is -0.520. The molecular formula is C24H27N3O5. The summed E-state index contributed by atoms with van der Waals surface area (Å²) >= 11 is 0. The van der Waals surface area contributed by atoms with E-state index in [-0.39, 0.29) is 18.5 Å². The van der Waals surface area contributed by atoms with Gasteiger partial charge < -0.3 is 29.9 Å². The van der Waals surface area contributed by atoms with Gasteiger partial charge in [0.2, 0.25) is 0 Å². The lowest BCUT2D eigenvalue weighted by Gasteiger charge is -2.30. The molecule has 2 saturated heterocycles. The van der Waals surface area contributed by atoms with E-state index in [1.54, 1.807) is 6.08 Å². The molecule has 3 N–H and O–H groups in total. The molecule has 3 atom stereocenters. The monoisotopic (exact) mass is 437 g/mol. The summed E-state index contributed by atoms with van der Waals surface area (Å²) < 4.78 is 10.7. The summed E-state index contributed by atoms with van der Waals surface area (Å²) in [5.41, 5.74) is 1.88. The van der Waals surface area contributed by atoms with E-state index in [2.05, 4.69) is 22.3 Å². The van der Waals surface area contributed by atoms with Crippen LogP contribution in [0, 0.1) is 11.3 Å². The van der Waals surface area contributed by atoms with Gasteiger partial charge in [-0.25, -0.2) is 0 Å². The number of nitriles is 1. The predicted molar refractivity (Wildman–Crippen MR) is 120 cm³/mol. The number of morpholine rings is 1. The minimum atomic E-state index is -1.05. The Morgan fingerprint density at radius 2 is 1.91 bits per heavy atom. The van der Waals surface area contributed by atoms with Crippen molar-refractivity contribution in [2.24, 2.45) is 0 Å². The number of nitrogens with one attached hydrogen (secondary N) is 1. The Balaban J connectivity index is 1.44. The van der Waals surface area contributed by atoms with Crippen LogP contribution in [0.5, 0.6) is 0 Å². The number of aliphatic hydroxyl groups excluding tert-OH is 2. The molecule has 2 aromatic rings. The number of carbonyl (C=O) groups is 1. The number of hydrogen-bond acceptors (Lipinski definition) is 7. The lowest BCUT2D eigenvalue weighted by atomic mass is 10.0. The molecule has 0 aromatic heterocycles. The molecule has 3 unspecified atom stereocenters. The Morgan fingerprint density at radius 3 is 2.66 bits per heavy atom. The lowest BCUT2D eigenvalue weighted by Crippen LogP contribution is -2.42. The zero-order valence-corrected chi connectivity index (χ0v) is 17.7. The van der Waals surface area contributed by atoms with Crippen molar-refractivity contribution in [3.63, 3.8) is 0 Å². The SMILES string of the molecule is N#C/C(=C\c1ccc2cc(N3CCOCC3)ccc2c1)C(=O)NCC1CC(O)CC(O)O1. The fraction of sp³-hybridized carbons (Fsp3) is 0.417. The zero-order valence-electron chi connectivity index (χ0n) is 17.7. The minimum absolute atomic E-state index is 0.0220. The second-order valence-corrected chi connectivity index (χ2v) is 8.11. The van der Waals surface area contributed by atoms with E-state index in [0.717, 1.165) is 48.3 Å². The molecule has 0 radical (unpaired) electrons. The lowest BCUT2D eigenvalue weighted by molar-refractivity contribution is -0.187. The van der Waals surface area contributed by atoms with E-state index < -0.39 is 24.4 Å². The number of benzene rings is 2. The second kappa shape index (κ2) is 10.1. The van der Waals surface area contributed by atoms with Crippen LogP contribution in [0.3, 0.4) is 0 Å². The van der Waals surface area contributed by atoms with Gasteiger partial charge in [-0.15, -0.1) is 0 Å². The highest BCUT2D eigenvalue weighted by molar-refractivity contribution is 6.02. The number of rotatable bonds is 5. The van der Waals surface area contributed by atoms with Gasteiger partial charge in [0.25, 0.3) is 5.91 Å². The largest absolute Gasteiger partial charge is 0.393 e. The van der Waals surface area contributed by atoms with Crippen molar-refractivity contribution in [3.8, 4) is 6.07 Å². The molecule has 168 valence electrons. The van der Waals surface area contributed by atoms with Crippen LogP contribution in [0.2, 0.25) is 0 Å². The fourth-order valence-corrected chi connectivity index (χ4v) is 4.07. The van der Waals surface area contributed by atoms with Gasteiger partial charge in [-0.3, -0.25) is 4.79 Å². The molecule has 2 aliphatic rings. The molecule has 2 fully saturated rings. The number of aliphatic hydroxyl groups is 2. The smallest absolute Gasteiger partial charge is 0.262 e. The summed E-state index contributed by atoms with van der Waals surface area (Å²) in [6.07, 6.45) is -0.195. The van der Waals surface area contributed by atoms with Crippen molar-refractivity contribution in [2.45, 2.75) is 31.3 Å². The van der Waals surface area contributed by atoms with Gasteiger partial charge in [0, 0.05) is 38.2 Å². The van der Waals surface area contributed by atoms with Crippen LogP contribution in [-0.4, -0.2) is 67.5 Å². The van der Waals surface area contributed by atoms with Crippen LogP contribution in [0.15, 0.2) is 42.0 Å². The average Bonchev–Trinajstić information content (AvgIpc) is 2.80.